The van der Waals surface area contributed by atoms with Crippen molar-refractivity contribution in [2.75, 3.05) is 11.9 Å². The molecule has 0 saturated carbocycles. The van der Waals surface area contributed by atoms with Crippen LogP contribution in [-0.2, 0) is 11.3 Å². The second-order valence-corrected chi connectivity index (χ2v) is 9.87. The van der Waals surface area contributed by atoms with Gasteiger partial charge in [-0.3, -0.25) is 9.78 Å². The van der Waals surface area contributed by atoms with Crippen LogP contribution in [0.5, 0.6) is 0 Å². The molecule has 0 aliphatic carbocycles. The van der Waals surface area contributed by atoms with Crippen molar-refractivity contribution in [3.05, 3.63) is 107 Å². The molecule has 1 aliphatic rings. The number of aromatic nitrogens is 2. The highest BCUT2D eigenvalue weighted by molar-refractivity contribution is 7.80. The second kappa shape index (κ2) is 10.6. The predicted molar refractivity (Wildman–Crippen MR) is 148 cm³/mol. The number of rotatable bonds is 8. The van der Waals surface area contributed by atoms with Crippen molar-refractivity contribution in [1.29, 1.82) is 0 Å². The molecule has 1 fully saturated rings. The van der Waals surface area contributed by atoms with E-state index < -0.39 is 0 Å². The van der Waals surface area contributed by atoms with Gasteiger partial charge >= 0.3 is 0 Å². The van der Waals surface area contributed by atoms with Gasteiger partial charge in [0.15, 0.2) is 5.11 Å². The van der Waals surface area contributed by atoms with E-state index in [1.807, 2.05) is 61.5 Å². The Morgan fingerprint density at radius 3 is 2.70 bits per heavy atom. The largest absolute Gasteiger partial charge is 0.467 e. The third-order valence-corrected chi connectivity index (χ3v) is 7.26. The van der Waals surface area contributed by atoms with Crippen LogP contribution in [0.3, 0.4) is 0 Å². The molecule has 2 unspecified atom stereocenters. The molecule has 1 amide bonds. The molecule has 1 saturated heterocycles. The summed E-state index contributed by atoms with van der Waals surface area (Å²) < 4.78 is 7.87. The van der Waals surface area contributed by atoms with Crippen molar-refractivity contribution >= 4 is 28.9 Å². The average molecular weight is 514 g/mol. The maximum absolute atomic E-state index is 12.9. The summed E-state index contributed by atoms with van der Waals surface area (Å²) in [5.41, 5.74) is 6.25. The molecule has 2 N–H and O–H groups in total. The summed E-state index contributed by atoms with van der Waals surface area (Å²) in [5, 5.41) is 7.12. The van der Waals surface area contributed by atoms with Gasteiger partial charge in [0.2, 0.25) is 5.91 Å². The van der Waals surface area contributed by atoms with Gasteiger partial charge in [0, 0.05) is 36.2 Å². The summed E-state index contributed by atoms with van der Waals surface area (Å²) in [6, 6.07) is 19.6. The predicted octanol–water partition coefficient (Wildman–Crippen LogP) is 5.45. The van der Waals surface area contributed by atoms with Crippen LogP contribution in [-0.4, -0.2) is 32.0 Å². The van der Waals surface area contributed by atoms with E-state index in [1.165, 1.54) is 0 Å². The van der Waals surface area contributed by atoms with E-state index in [0.29, 0.717) is 24.6 Å². The summed E-state index contributed by atoms with van der Waals surface area (Å²) in [5.74, 6) is 0.857. The van der Waals surface area contributed by atoms with Crippen molar-refractivity contribution in [2.24, 2.45) is 0 Å². The molecule has 0 spiro atoms. The third-order valence-electron chi connectivity index (χ3n) is 6.90. The van der Waals surface area contributed by atoms with Crippen LogP contribution in [0.1, 0.15) is 52.5 Å². The topological polar surface area (TPSA) is 75.3 Å². The molecule has 0 radical (unpaired) electrons. The second-order valence-electron chi connectivity index (χ2n) is 9.48. The Morgan fingerprint density at radius 1 is 1.11 bits per heavy atom. The Kier molecular flexibility index (Phi) is 7.10. The number of aryl methyl sites for hydroxylation is 2. The molecule has 0 bridgehead atoms. The van der Waals surface area contributed by atoms with E-state index in [-0.39, 0.29) is 18.0 Å². The van der Waals surface area contributed by atoms with Gasteiger partial charge in [0.05, 0.1) is 30.6 Å². The Morgan fingerprint density at radius 2 is 1.97 bits per heavy atom. The van der Waals surface area contributed by atoms with E-state index in [4.69, 9.17) is 16.6 Å². The number of carbonyl (C=O) groups is 1. The van der Waals surface area contributed by atoms with Crippen LogP contribution in [0.25, 0.3) is 0 Å². The van der Waals surface area contributed by atoms with Gasteiger partial charge in [-0.25, -0.2) is 0 Å². The van der Waals surface area contributed by atoms with Crippen molar-refractivity contribution in [3.63, 3.8) is 0 Å². The normalized spacial score (nSPS) is 17.2. The van der Waals surface area contributed by atoms with Crippen LogP contribution in [0, 0.1) is 20.8 Å². The van der Waals surface area contributed by atoms with Crippen LogP contribution >= 0.6 is 12.2 Å². The van der Waals surface area contributed by atoms with Crippen molar-refractivity contribution in [3.8, 4) is 0 Å². The quantitative estimate of drug-likeness (QED) is 0.305. The molecule has 190 valence electrons. The van der Waals surface area contributed by atoms with E-state index in [9.17, 15) is 4.79 Å². The zero-order chi connectivity index (χ0) is 25.9. The summed E-state index contributed by atoms with van der Waals surface area (Å²) in [6.07, 6.45) is 3.81. The van der Waals surface area contributed by atoms with Gasteiger partial charge in [-0.15, -0.1) is 0 Å². The van der Waals surface area contributed by atoms with Gasteiger partial charge in [-0.2, -0.15) is 0 Å². The summed E-state index contributed by atoms with van der Waals surface area (Å²) in [4.78, 5) is 19.6. The smallest absolute Gasteiger partial charge is 0.226 e. The lowest BCUT2D eigenvalue weighted by atomic mass is 9.96. The fourth-order valence-electron chi connectivity index (χ4n) is 5.08. The van der Waals surface area contributed by atoms with Gasteiger partial charge in [0.25, 0.3) is 0 Å². The number of carbonyl (C=O) groups excluding carboxylic acids is 1. The lowest BCUT2D eigenvalue weighted by Crippen LogP contribution is -2.33. The van der Waals surface area contributed by atoms with Gasteiger partial charge in [-0.1, -0.05) is 18.2 Å². The number of hydrogen-bond acceptors (Lipinski definition) is 4. The number of thiocarbonyl (C=S) groups is 1. The van der Waals surface area contributed by atoms with Gasteiger partial charge in [0.1, 0.15) is 5.76 Å². The lowest BCUT2D eigenvalue weighted by molar-refractivity contribution is -0.116. The van der Waals surface area contributed by atoms with Crippen molar-refractivity contribution in [1.82, 2.24) is 19.8 Å². The fourth-order valence-corrected chi connectivity index (χ4v) is 5.41. The molecule has 4 heterocycles. The maximum atomic E-state index is 12.9. The van der Waals surface area contributed by atoms with Crippen molar-refractivity contribution < 1.29 is 9.21 Å². The number of nitrogens with zero attached hydrogens (tertiary/aromatic N) is 3. The van der Waals surface area contributed by atoms with E-state index in [2.05, 4.69) is 45.0 Å². The molecule has 3 aromatic heterocycles. The van der Waals surface area contributed by atoms with Crippen LogP contribution in [0.4, 0.5) is 5.69 Å². The lowest BCUT2D eigenvalue weighted by Gasteiger charge is -2.28. The minimum atomic E-state index is -0.133. The molecule has 8 heteroatoms. The number of nitrogens with one attached hydrogen (secondary N) is 2. The summed E-state index contributed by atoms with van der Waals surface area (Å²) >= 11 is 5.80. The Hall–Kier alpha value is -3.91. The minimum Gasteiger partial charge on any atom is -0.467 e. The molecule has 5 rings (SSSR count). The molecule has 7 nitrogen and oxygen atoms in total. The van der Waals surface area contributed by atoms with E-state index in [0.717, 1.165) is 39.7 Å². The Bertz CT molecular complexity index is 1400. The zero-order valence-electron chi connectivity index (χ0n) is 21.3. The van der Waals surface area contributed by atoms with Crippen molar-refractivity contribution in [2.45, 2.75) is 45.8 Å². The standard InChI is InChI=1S/C29H31N5O2S/c1-19-8-6-9-22(16-19)31-26(35)12-14-33-28(27(32-29(33)37)25-11-4-5-13-30-25)24-17-20(2)34(21(24)3)18-23-10-7-15-36-23/h4-11,13,15-17,27-28H,12,14,18H2,1-3H3,(H,31,35)(H,32,37). The van der Waals surface area contributed by atoms with Gasteiger partial charge in [-0.05, 0) is 86.6 Å². The molecule has 1 aliphatic heterocycles. The van der Waals surface area contributed by atoms with Gasteiger partial charge < -0.3 is 24.5 Å². The molecule has 1 aromatic carbocycles. The molecule has 37 heavy (non-hydrogen) atoms. The van der Waals surface area contributed by atoms with Crippen LogP contribution < -0.4 is 10.6 Å². The number of benzene rings is 1. The number of hydrogen-bond donors (Lipinski definition) is 2. The highest BCUT2D eigenvalue weighted by Gasteiger charge is 2.41. The number of anilines is 1. The summed E-state index contributed by atoms with van der Waals surface area (Å²) in [7, 11) is 0. The summed E-state index contributed by atoms with van der Waals surface area (Å²) in [6.45, 7) is 7.39. The first-order valence-electron chi connectivity index (χ1n) is 12.4. The molecular weight excluding hydrogens is 482 g/mol. The maximum Gasteiger partial charge on any atom is 0.226 e. The molecule has 4 aromatic rings. The van der Waals surface area contributed by atoms with Crippen LogP contribution in [0.2, 0.25) is 0 Å². The Balaban J connectivity index is 1.42. The SMILES string of the molecule is Cc1cccc(NC(=O)CCN2C(=S)NC(c3ccccn3)C2c2cc(C)n(Cc3ccco3)c2C)c1. The number of furan rings is 1. The highest BCUT2D eigenvalue weighted by atomic mass is 32.1. The molecular formula is C29H31N5O2S. The first-order valence-corrected chi connectivity index (χ1v) is 12.8. The monoisotopic (exact) mass is 513 g/mol. The van der Waals surface area contributed by atoms with E-state index in [1.54, 1.807) is 12.5 Å². The third kappa shape index (κ3) is 5.29. The fraction of sp³-hybridized carbons (Fsp3) is 0.276. The zero-order valence-corrected chi connectivity index (χ0v) is 22.1. The number of pyridine rings is 1. The first-order chi connectivity index (χ1) is 17.9. The highest BCUT2D eigenvalue weighted by Crippen LogP contribution is 2.41. The average Bonchev–Trinajstić information content (AvgIpc) is 3.58. The number of amides is 1. The molecule has 2 atom stereocenters. The first kappa shape index (κ1) is 24.8. The van der Waals surface area contributed by atoms with E-state index >= 15 is 0 Å². The van der Waals surface area contributed by atoms with Crippen LogP contribution in [0.15, 0.2) is 77.5 Å². The minimum absolute atomic E-state index is 0.0447. The Labute approximate surface area is 222 Å².